The minimum absolute atomic E-state index is 0.0899. The number of nitrogens with zero attached hydrogens (tertiary/aromatic N) is 5. The minimum Gasteiger partial charge on any atom is -0.378 e. The fourth-order valence-electron chi connectivity index (χ4n) is 4.16. The summed E-state index contributed by atoms with van der Waals surface area (Å²) >= 11 is 1.64. The van der Waals surface area contributed by atoms with Gasteiger partial charge in [0.1, 0.15) is 5.82 Å². The van der Waals surface area contributed by atoms with E-state index in [2.05, 4.69) is 29.2 Å². The Kier molecular flexibility index (Phi) is 6.64. The Morgan fingerprint density at radius 1 is 1.09 bits per heavy atom. The molecule has 176 valence electrons. The smallest absolute Gasteiger partial charge is 0.251 e. The van der Waals surface area contributed by atoms with Crippen molar-refractivity contribution in [3.05, 3.63) is 54.2 Å². The summed E-state index contributed by atoms with van der Waals surface area (Å²) in [5.74, 6) is 0.815. The standard InChI is InChI=1S/C25H28N6O2S/c1-17(2)34-25-28-22(30-12-14-33-15-13-30)21-16-27-31(23(21)29-25)11-10-26-24(32)20-9-5-7-18-6-3-4-8-19(18)20/h3-9,16-17H,10-15H2,1-2H3,(H,26,32). The van der Waals surface area contributed by atoms with Crippen LogP contribution < -0.4 is 10.2 Å². The van der Waals surface area contributed by atoms with E-state index in [1.54, 1.807) is 11.8 Å². The van der Waals surface area contributed by atoms with E-state index in [9.17, 15) is 4.79 Å². The lowest BCUT2D eigenvalue weighted by Crippen LogP contribution is -2.37. The van der Waals surface area contributed by atoms with Crippen LogP contribution in [0.15, 0.2) is 53.8 Å². The zero-order valence-corrected chi connectivity index (χ0v) is 20.2. The maximum atomic E-state index is 12.9. The molecule has 0 saturated carbocycles. The van der Waals surface area contributed by atoms with Gasteiger partial charge in [0, 0.05) is 30.4 Å². The van der Waals surface area contributed by atoms with Gasteiger partial charge in [-0.3, -0.25) is 4.79 Å². The number of ether oxygens (including phenoxy) is 1. The third kappa shape index (κ3) is 4.71. The van der Waals surface area contributed by atoms with E-state index in [-0.39, 0.29) is 5.91 Å². The second kappa shape index (κ2) is 9.99. The highest BCUT2D eigenvalue weighted by atomic mass is 32.2. The van der Waals surface area contributed by atoms with Crippen molar-refractivity contribution in [1.29, 1.82) is 0 Å². The van der Waals surface area contributed by atoms with Crippen LogP contribution in [0.3, 0.4) is 0 Å². The highest BCUT2D eigenvalue weighted by Gasteiger charge is 2.21. The molecule has 1 N–H and O–H groups in total. The van der Waals surface area contributed by atoms with E-state index in [0.717, 1.165) is 45.9 Å². The van der Waals surface area contributed by atoms with Crippen LogP contribution in [0.4, 0.5) is 5.82 Å². The molecule has 1 fully saturated rings. The van der Waals surface area contributed by atoms with Crippen LogP contribution in [0.25, 0.3) is 21.8 Å². The van der Waals surface area contributed by atoms with Crippen LogP contribution in [0, 0.1) is 0 Å². The Hall–Kier alpha value is -3.17. The second-order valence-electron chi connectivity index (χ2n) is 8.48. The molecule has 1 saturated heterocycles. The maximum absolute atomic E-state index is 12.9. The summed E-state index contributed by atoms with van der Waals surface area (Å²) < 4.78 is 7.38. The van der Waals surface area contributed by atoms with Gasteiger partial charge in [0.25, 0.3) is 5.91 Å². The zero-order valence-electron chi connectivity index (χ0n) is 19.4. The molecular weight excluding hydrogens is 448 g/mol. The molecule has 2 aromatic heterocycles. The quantitative estimate of drug-likeness (QED) is 0.321. The lowest BCUT2D eigenvalue weighted by molar-refractivity contribution is 0.0953. The third-order valence-electron chi connectivity index (χ3n) is 5.75. The van der Waals surface area contributed by atoms with Crippen LogP contribution in [-0.4, -0.2) is 63.8 Å². The average molecular weight is 477 g/mol. The molecule has 2 aromatic carbocycles. The first-order valence-corrected chi connectivity index (χ1v) is 12.5. The van der Waals surface area contributed by atoms with E-state index in [1.807, 2.05) is 53.3 Å². The van der Waals surface area contributed by atoms with Gasteiger partial charge >= 0.3 is 0 Å². The van der Waals surface area contributed by atoms with Crippen molar-refractivity contribution in [2.45, 2.75) is 30.8 Å². The third-order valence-corrected chi connectivity index (χ3v) is 6.62. The first-order chi connectivity index (χ1) is 16.6. The number of rotatable bonds is 7. The molecule has 34 heavy (non-hydrogen) atoms. The highest BCUT2D eigenvalue weighted by molar-refractivity contribution is 7.99. The number of anilines is 1. The Morgan fingerprint density at radius 2 is 1.88 bits per heavy atom. The zero-order chi connectivity index (χ0) is 23.5. The molecule has 3 heterocycles. The van der Waals surface area contributed by atoms with Crippen molar-refractivity contribution in [3.63, 3.8) is 0 Å². The molecule has 0 atom stereocenters. The summed E-state index contributed by atoms with van der Waals surface area (Å²) in [6.45, 7) is 8.19. The number of hydrogen-bond acceptors (Lipinski definition) is 7. The first kappa shape index (κ1) is 22.6. The number of nitrogens with one attached hydrogen (secondary N) is 1. The first-order valence-electron chi connectivity index (χ1n) is 11.6. The van der Waals surface area contributed by atoms with E-state index >= 15 is 0 Å². The Balaban J connectivity index is 1.36. The largest absolute Gasteiger partial charge is 0.378 e. The number of benzene rings is 2. The van der Waals surface area contributed by atoms with Gasteiger partial charge in [0.2, 0.25) is 0 Å². The number of aromatic nitrogens is 4. The molecule has 0 spiro atoms. The number of thioether (sulfide) groups is 1. The summed E-state index contributed by atoms with van der Waals surface area (Å²) in [7, 11) is 0. The number of carbonyl (C=O) groups excluding carboxylic acids is 1. The maximum Gasteiger partial charge on any atom is 0.251 e. The fourth-order valence-corrected chi connectivity index (χ4v) is 4.86. The van der Waals surface area contributed by atoms with Gasteiger partial charge in [-0.05, 0) is 16.8 Å². The van der Waals surface area contributed by atoms with Crippen molar-refractivity contribution in [1.82, 2.24) is 25.1 Å². The Morgan fingerprint density at radius 3 is 2.71 bits per heavy atom. The van der Waals surface area contributed by atoms with Gasteiger partial charge < -0.3 is 15.0 Å². The van der Waals surface area contributed by atoms with Crippen LogP contribution in [0.2, 0.25) is 0 Å². The molecule has 0 radical (unpaired) electrons. The predicted octanol–water partition coefficient (Wildman–Crippen LogP) is 3.75. The summed E-state index contributed by atoms with van der Waals surface area (Å²) in [6.07, 6.45) is 1.83. The lowest BCUT2D eigenvalue weighted by Gasteiger charge is -2.28. The van der Waals surface area contributed by atoms with Gasteiger partial charge in [-0.1, -0.05) is 62.0 Å². The summed E-state index contributed by atoms with van der Waals surface area (Å²) in [5, 5.41) is 11.7. The highest BCUT2D eigenvalue weighted by Crippen LogP contribution is 2.29. The molecule has 1 aliphatic heterocycles. The molecule has 0 unspecified atom stereocenters. The second-order valence-corrected chi connectivity index (χ2v) is 10.0. The molecule has 5 rings (SSSR count). The molecule has 1 amide bonds. The summed E-state index contributed by atoms with van der Waals surface area (Å²) in [4.78, 5) is 24.8. The van der Waals surface area contributed by atoms with Crippen LogP contribution in [0.1, 0.15) is 24.2 Å². The summed E-state index contributed by atoms with van der Waals surface area (Å²) in [6, 6.07) is 13.7. The molecule has 1 aliphatic rings. The minimum atomic E-state index is -0.0899. The van der Waals surface area contributed by atoms with Gasteiger partial charge in [0.15, 0.2) is 10.8 Å². The SMILES string of the molecule is CC(C)Sc1nc(N2CCOCC2)c2cnn(CCNC(=O)c3cccc4ccccc34)c2n1. The predicted molar refractivity (Wildman–Crippen MR) is 136 cm³/mol. The van der Waals surface area contributed by atoms with Gasteiger partial charge in [-0.25, -0.2) is 14.6 Å². The normalized spacial score (nSPS) is 14.3. The molecule has 4 aromatic rings. The van der Waals surface area contributed by atoms with Crippen molar-refractivity contribution in [2.75, 3.05) is 37.7 Å². The molecule has 9 heteroatoms. The van der Waals surface area contributed by atoms with Gasteiger partial charge in [-0.15, -0.1) is 0 Å². The topological polar surface area (TPSA) is 85.2 Å². The lowest BCUT2D eigenvalue weighted by atomic mass is 10.0. The van der Waals surface area contributed by atoms with Crippen molar-refractivity contribution >= 4 is 45.3 Å². The Bertz CT molecular complexity index is 1310. The van der Waals surface area contributed by atoms with Gasteiger partial charge in [-0.2, -0.15) is 5.10 Å². The van der Waals surface area contributed by atoms with E-state index in [1.165, 1.54) is 0 Å². The number of amides is 1. The van der Waals surface area contributed by atoms with E-state index in [0.29, 0.717) is 37.1 Å². The number of carbonyl (C=O) groups is 1. The van der Waals surface area contributed by atoms with E-state index in [4.69, 9.17) is 14.7 Å². The van der Waals surface area contributed by atoms with E-state index < -0.39 is 0 Å². The van der Waals surface area contributed by atoms with Gasteiger partial charge in [0.05, 0.1) is 31.3 Å². The number of hydrogen-bond donors (Lipinski definition) is 1. The monoisotopic (exact) mass is 476 g/mol. The molecule has 0 aliphatic carbocycles. The number of morpholine rings is 1. The fraction of sp³-hybridized carbons (Fsp3) is 0.360. The van der Waals surface area contributed by atoms with Crippen molar-refractivity contribution in [2.24, 2.45) is 0 Å². The van der Waals surface area contributed by atoms with Crippen molar-refractivity contribution in [3.8, 4) is 0 Å². The number of fused-ring (bicyclic) bond motifs is 2. The van der Waals surface area contributed by atoms with Crippen LogP contribution >= 0.6 is 11.8 Å². The molecule has 0 bridgehead atoms. The Labute approximate surface area is 202 Å². The molecule has 8 nitrogen and oxygen atoms in total. The average Bonchev–Trinajstić information content (AvgIpc) is 3.26. The van der Waals surface area contributed by atoms with Crippen LogP contribution in [-0.2, 0) is 11.3 Å². The molecular formula is C25H28N6O2S. The van der Waals surface area contributed by atoms with Crippen LogP contribution in [0.5, 0.6) is 0 Å². The summed E-state index contributed by atoms with van der Waals surface area (Å²) in [5.41, 5.74) is 1.47. The van der Waals surface area contributed by atoms with Crippen molar-refractivity contribution < 1.29 is 9.53 Å².